The first kappa shape index (κ1) is 16.1. The number of fused-ring (bicyclic) bond motifs is 1. The van der Waals surface area contributed by atoms with Gasteiger partial charge in [0.1, 0.15) is 5.82 Å². The maximum atomic E-state index is 12.7. The molecule has 2 heterocycles. The van der Waals surface area contributed by atoms with Gasteiger partial charge < -0.3 is 10.2 Å². The first-order valence-corrected chi connectivity index (χ1v) is 9.22. The lowest BCUT2D eigenvalue weighted by Crippen LogP contribution is -2.32. The number of carbonyl (C=O) groups excluding carboxylic acids is 1. The van der Waals surface area contributed by atoms with E-state index in [2.05, 4.69) is 17.1 Å². The van der Waals surface area contributed by atoms with E-state index in [1.807, 2.05) is 30.3 Å². The Hall–Kier alpha value is -2.43. The fraction of sp³-hybridized carbons (Fsp3) is 0.450. The van der Waals surface area contributed by atoms with Gasteiger partial charge in [-0.15, -0.1) is 0 Å². The number of nitrogens with one attached hydrogen (secondary N) is 1. The van der Waals surface area contributed by atoms with Crippen molar-refractivity contribution >= 4 is 23.2 Å². The summed E-state index contributed by atoms with van der Waals surface area (Å²) in [6, 6.07) is 9.92. The first-order chi connectivity index (χ1) is 12.2. The van der Waals surface area contributed by atoms with Crippen LogP contribution >= 0.6 is 0 Å². The summed E-state index contributed by atoms with van der Waals surface area (Å²) < 4.78 is 0. The van der Waals surface area contributed by atoms with Gasteiger partial charge >= 0.3 is 0 Å². The van der Waals surface area contributed by atoms with Gasteiger partial charge in [0.2, 0.25) is 5.95 Å². The second-order valence-corrected chi connectivity index (χ2v) is 7.17. The van der Waals surface area contributed by atoms with Crippen molar-refractivity contribution in [1.82, 2.24) is 9.97 Å². The third-order valence-electron chi connectivity index (χ3n) is 5.00. The molecule has 4 rings (SSSR count). The fourth-order valence-corrected chi connectivity index (χ4v) is 3.74. The predicted molar refractivity (Wildman–Crippen MR) is 99.6 cm³/mol. The Morgan fingerprint density at radius 2 is 1.80 bits per heavy atom. The van der Waals surface area contributed by atoms with Crippen LogP contribution in [0.2, 0.25) is 0 Å². The number of benzene rings is 1. The normalized spacial score (nSPS) is 20.3. The van der Waals surface area contributed by atoms with E-state index < -0.39 is 0 Å². The number of piperidine rings is 1. The van der Waals surface area contributed by atoms with Crippen LogP contribution in [0.25, 0.3) is 0 Å². The van der Waals surface area contributed by atoms with E-state index in [0.29, 0.717) is 23.7 Å². The molecule has 1 aliphatic heterocycles. The van der Waals surface area contributed by atoms with Crippen molar-refractivity contribution in [2.75, 3.05) is 23.3 Å². The minimum Gasteiger partial charge on any atom is -0.341 e. The van der Waals surface area contributed by atoms with E-state index in [1.54, 1.807) is 0 Å². The zero-order valence-corrected chi connectivity index (χ0v) is 14.7. The van der Waals surface area contributed by atoms with Crippen molar-refractivity contribution in [3.8, 4) is 0 Å². The van der Waals surface area contributed by atoms with Crippen LogP contribution in [0.5, 0.6) is 0 Å². The quantitative estimate of drug-likeness (QED) is 0.919. The molecule has 1 aliphatic carbocycles. The van der Waals surface area contributed by atoms with E-state index in [-0.39, 0.29) is 5.78 Å². The molecular weight excluding hydrogens is 312 g/mol. The summed E-state index contributed by atoms with van der Waals surface area (Å²) in [6.07, 6.45) is 5.04. The molecule has 2 aromatic rings. The SMILES string of the molecule is CC1CC(=O)c2c(nc(N3CCCCC3)nc2Nc2ccccc2)C1. The van der Waals surface area contributed by atoms with E-state index in [4.69, 9.17) is 9.97 Å². The molecule has 1 saturated heterocycles. The summed E-state index contributed by atoms with van der Waals surface area (Å²) in [7, 11) is 0. The monoisotopic (exact) mass is 336 g/mol. The summed E-state index contributed by atoms with van der Waals surface area (Å²) in [5, 5.41) is 3.36. The number of nitrogens with zero attached hydrogens (tertiary/aromatic N) is 3. The van der Waals surface area contributed by atoms with Crippen LogP contribution in [0, 0.1) is 5.92 Å². The van der Waals surface area contributed by atoms with Crippen LogP contribution in [0.4, 0.5) is 17.5 Å². The highest BCUT2D eigenvalue weighted by Crippen LogP contribution is 2.32. The van der Waals surface area contributed by atoms with Crippen LogP contribution in [-0.2, 0) is 6.42 Å². The maximum absolute atomic E-state index is 12.7. The van der Waals surface area contributed by atoms with Gasteiger partial charge in [-0.3, -0.25) is 4.79 Å². The molecule has 0 spiro atoms. The Bertz CT molecular complexity index is 769. The van der Waals surface area contributed by atoms with Crippen molar-refractivity contribution in [3.05, 3.63) is 41.6 Å². The van der Waals surface area contributed by atoms with Crippen molar-refractivity contribution in [2.24, 2.45) is 5.92 Å². The molecule has 0 radical (unpaired) electrons. The lowest BCUT2D eigenvalue weighted by Gasteiger charge is -2.29. The Morgan fingerprint density at radius 3 is 2.56 bits per heavy atom. The lowest BCUT2D eigenvalue weighted by molar-refractivity contribution is 0.0952. The Kier molecular flexibility index (Phi) is 4.38. The van der Waals surface area contributed by atoms with Crippen molar-refractivity contribution < 1.29 is 4.79 Å². The molecule has 1 atom stereocenters. The van der Waals surface area contributed by atoms with Crippen LogP contribution in [0.15, 0.2) is 30.3 Å². The highest BCUT2D eigenvalue weighted by molar-refractivity contribution is 6.03. The number of Topliss-reactive ketones (excluding diaryl/α,β-unsaturated/α-hetero) is 1. The van der Waals surface area contributed by atoms with Crippen LogP contribution in [0.1, 0.15) is 48.7 Å². The van der Waals surface area contributed by atoms with Crippen LogP contribution < -0.4 is 10.2 Å². The summed E-state index contributed by atoms with van der Waals surface area (Å²) in [5.41, 5.74) is 2.53. The third kappa shape index (κ3) is 3.36. The topological polar surface area (TPSA) is 58.1 Å². The molecule has 5 nitrogen and oxygen atoms in total. The number of aromatic nitrogens is 2. The van der Waals surface area contributed by atoms with E-state index in [0.717, 1.165) is 36.8 Å². The molecule has 1 aromatic carbocycles. The molecule has 130 valence electrons. The smallest absolute Gasteiger partial charge is 0.227 e. The molecular formula is C20H24N4O. The molecule has 1 fully saturated rings. The third-order valence-corrected chi connectivity index (χ3v) is 5.00. The second kappa shape index (κ2) is 6.82. The summed E-state index contributed by atoms with van der Waals surface area (Å²) >= 11 is 0. The number of rotatable bonds is 3. The van der Waals surface area contributed by atoms with Gasteiger partial charge in [0.25, 0.3) is 0 Å². The number of anilines is 3. The van der Waals surface area contributed by atoms with Crippen LogP contribution in [0.3, 0.4) is 0 Å². The summed E-state index contributed by atoms with van der Waals surface area (Å²) in [6.45, 7) is 4.11. The number of ketones is 1. The van der Waals surface area contributed by atoms with E-state index in [1.165, 1.54) is 19.3 Å². The maximum Gasteiger partial charge on any atom is 0.227 e. The van der Waals surface area contributed by atoms with Crippen molar-refractivity contribution in [3.63, 3.8) is 0 Å². The first-order valence-electron chi connectivity index (χ1n) is 9.22. The molecule has 1 aromatic heterocycles. The van der Waals surface area contributed by atoms with E-state index in [9.17, 15) is 4.79 Å². The van der Waals surface area contributed by atoms with Gasteiger partial charge in [-0.1, -0.05) is 25.1 Å². The number of hydrogen-bond donors (Lipinski definition) is 1. The average Bonchev–Trinajstić information content (AvgIpc) is 2.62. The highest BCUT2D eigenvalue weighted by atomic mass is 16.1. The van der Waals surface area contributed by atoms with Crippen LogP contribution in [-0.4, -0.2) is 28.8 Å². The lowest BCUT2D eigenvalue weighted by atomic mass is 9.87. The van der Waals surface area contributed by atoms with Gasteiger partial charge in [-0.2, -0.15) is 4.98 Å². The molecule has 25 heavy (non-hydrogen) atoms. The Balaban J connectivity index is 1.76. The van der Waals surface area contributed by atoms with Crippen molar-refractivity contribution in [1.29, 1.82) is 0 Å². The predicted octanol–water partition coefficient (Wildman–Crippen LogP) is 3.98. The van der Waals surface area contributed by atoms with Gasteiger partial charge in [0.15, 0.2) is 5.78 Å². The summed E-state index contributed by atoms with van der Waals surface area (Å²) in [4.78, 5) is 24.5. The molecule has 0 bridgehead atoms. The number of carbonyl (C=O) groups is 1. The zero-order valence-electron chi connectivity index (χ0n) is 14.7. The number of hydrogen-bond acceptors (Lipinski definition) is 5. The molecule has 1 N–H and O–H groups in total. The van der Waals surface area contributed by atoms with Gasteiger partial charge in [0.05, 0.1) is 11.3 Å². The Morgan fingerprint density at radius 1 is 1.04 bits per heavy atom. The summed E-state index contributed by atoms with van der Waals surface area (Å²) in [5.74, 6) is 1.92. The number of para-hydroxylation sites is 1. The highest BCUT2D eigenvalue weighted by Gasteiger charge is 2.29. The standard InChI is InChI=1S/C20H24N4O/c1-14-12-16-18(17(25)13-14)19(21-15-8-4-2-5-9-15)23-20(22-16)24-10-6-3-7-11-24/h2,4-5,8-9,14H,3,6-7,10-13H2,1H3,(H,21,22,23). The molecule has 0 saturated carbocycles. The molecule has 1 unspecified atom stereocenters. The second-order valence-electron chi connectivity index (χ2n) is 7.17. The minimum absolute atomic E-state index is 0.150. The van der Waals surface area contributed by atoms with Gasteiger partial charge in [0, 0.05) is 25.2 Å². The van der Waals surface area contributed by atoms with Gasteiger partial charge in [-0.25, -0.2) is 4.98 Å². The fourth-order valence-electron chi connectivity index (χ4n) is 3.74. The zero-order chi connectivity index (χ0) is 17.2. The van der Waals surface area contributed by atoms with E-state index >= 15 is 0 Å². The Labute approximate surface area is 148 Å². The van der Waals surface area contributed by atoms with Crippen molar-refractivity contribution in [2.45, 2.75) is 39.0 Å². The minimum atomic E-state index is 0.150. The largest absolute Gasteiger partial charge is 0.341 e. The molecule has 5 heteroatoms. The molecule has 2 aliphatic rings. The molecule has 0 amide bonds. The van der Waals surface area contributed by atoms with Gasteiger partial charge in [-0.05, 0) is 43.7 Å². The average molecular weight is 336 g/mol.